The maximum Gasteiger partial charge on any atom is 0.269 e. The number of ether oxygens (including phenoxy) is 1. The van der Waals surface area contributed by atoms with Gasteiger partial charge in [-0.3, -0.25) is 20.4 Å². The molecule has 0 aromatic heterocycles. The van der Waals surface area contributed by atoms with Gasteiger partial charge in [-0.15, -0.1) is 0 Å². The van der Waals surface area contributed by atoms with E-state index >= 15 is 0 Å². The highest BCUT2D eigenvalue weighted by atomic mass is 16.5. The zero-order valence-corrected chi connectivity index (χ0v) is 16.6. The molecule has 0 fully saturated rings. The van der Waals surface area contributed by atoms with Crippen LogP contribution >= 0.6 is 0 Å². The summed E-state index contributed by atoms with van der Waals surface area (Å²) >= 11 is 0. The van der Waals surface area contributed by atoms with Crippen molar-refractivity contribution >= 4 is 23.6 Å². The lowest BCUT2D eigenvalue weighted by Gasteiger charge is -2.21. The molecule has 0 aliphatic rings. The molecular formula is C22H27N3O3. The van der Waals surface area contributed by atoms with Crippen LogP contribution in [0.3, 0.4) is 0 Å². The summed E-state index contributed by atoms with van der Waals surface area (Å²) in [5.41, 5.74) is 7.19. The third kappa shape index (κ3) is 6.16. The fourth-order valence-corrected chi connectivity index (χ4v) is 2.66. The Kier molecular flexibility index (Phi) is 8.09. The predicted octanol–water partition coefficient (Wildman–Crippen LogP) is 3.41. The van der Waals surface area contributed by atoms with Crippen molar-refractivity contribution < 1.29 is 14.3 Å². The molecule has 2 aromatic carbocycles. The van der Waals surface area contributed by atoms with Gasteiger partial charge in [0.05, 0.1) is 6.61 Å². The van der Waals surface area contributed by atoms with E-state index in [4.69, 9.17) is 4.74 Å². The smallest absolute Gasteiger partial charge is 0.269 e. The third-order valence-corrected chi connectivity index (χ3v) is 4.18. The maximum atomic E-state index is 12.2. The Morgan fingerprint density at radius 1 is 0.929 bits per heavy atom. The summed E-state index contributed by atoms with van der Waals surface area (Å²) in [4.78, 5) is 26.3. The molecule has 0 spiro atoms. The Morgan fingerprint density at radius 3 is 2.14 bits per heavy atom. The lowest BCUT2D eigenvalue weighted by atomic mass is 10.2. The number of benzene rings is 2. The molecule has 2 rings (SSSR count). The lowest BCUT2D eigenvalue weighted by molar-refractivity contribution is -0.117. The highest BCUT2D eigenvalue weighted by Gasteiger charge is 2.07. The standard InChI is InChI=1S/C22H27N3O3/c1-4-25(5-2)19-12-10-18(11-13-19)22(27)24-23-21(26)16-9-17-7-14-20(15-8-17)28-6-3/h7-16H,4-6H2,1-3H3,(H,23,26)(H,24,27)/b16-9+. The first kappa shape index (κ1) is 21.0. The fourth-order valence-electron chi connectivity index (χ4n) is 2.66. The minimum atomic E-state index is -0.415. The normalized spacial score (nSPS) is 10.5. The van der Waals surface area contributed by atoms with Gasteiger partial charge in [0.15, 0.2) is 0 Å². The predicted molar refractivity (Wildman–Crippen MR) is 112 cm³/mol. The van der Waals surface area contributed by atoms with Crippen LogP contribution in [-0.4, -0.2) is 31.5 Å². The number of hydrogen-bond acceptors (Lipinski definition) is 4. The van der Waals surface area contributed by atoms with Gasteiger partial charge in [0.1, 0.15) is 5.75 Å². The van der Waals surface area contributed by atoms with E-state index in [1.165, 1.54) is 6.08 Å². The third-order valence-electron chi connectivity index (χ3n) is 4.18. The number of carbonyl (C=O) groups excluding carboxylic acids is 2. The molecule has 148 valence electrons. The van der Waals surface area contributed by atoms with Gasteiger partial charge in [0, 0.05) is 30.4 Å². The Labute approximate surface area is 166 Å². The average molecular weight is 381 g/mol. The molecule has 0 unspecified atom stereocenters. The molecule has 28 heavy (non-hydrogen) atoms. The van der Waals surface area contributed by atoms with Crippen LogP contribution in [0.15, 0.2) is 54.6 Å². The zero-order valence-electron chi connectivity index (χ0n) is 16.6. The monoisotopic (exact) mass is 381 g/mol. The second kappa shape index (κ2) is 10.8. The highest BCUT2D eigenvalue weighted by Crippen LogP contribution is 2.15. The van der Waals surface area contributed by atoms with Crippen molar-refractivity contribution in [2.45, 2.75) is 20.8 Å². The number of nitrogens with zero attached hydrogens (tertiary/aromatic N) is 1. The zero-order chi connectivity index (χ0) is 20.4. The summed E-state index contributed by atoms with van der Waals surface area (Å²) < 4.78 is 5.37. The van der Waals surface area contributed by atoms with Crippen molar-refractivity contribution in [3.05, 3.63) is 65.7 Å². The van der Waals surface area contributed by atoms with Crippen LogP contribution in [0.2, 0.25) is 0 Å². The van der Waals surface area contributed by atoms with Gasteiger partial charge in [-0.1, -0.05) is 12.1 Å². The van der Waals surface area contributed by atoms with Gasteiger partial charge in [-0.05, 0) is 68.8 Å². The molecule has 0 aliphatic heterocycles. The highest BCUT2D eigenvalue weighted by molar-refractivity contribution is 5.98. The summed E-state index contributed by atoms with van der Waals surface area (Å²) in [6.45, 7) is 8.50. The van der Waals surface area contributed by atoms with Crippen LogP contribution in [0.25, 0.3) is 6.08 Å². The molecule has 0 heterocycles. The first-order valence-corrected chi connectivity index (χ1v) is 9.43. The minimum Gasteiger partial charge on any atom is -0.494 e. The summed E-state index contributed by atoms with van der Waals surface area (Å²) in [7, 11) is 0. The van der Waals surface area contributed by atoms with Gasteiger partial charge in [-0.25, -0.2) is 0 Å². The van der Waals surface area contributed by atoms with Crippen molar-refractivity contribution in [2.75, 3.05) is 24.6 Å². The van der Waals surface area contributed by atoms with Crippen LogP contribution < -0.4 is 20.5 Å². The fraction of sp³-hybridized carbons (Fsp3) is 0.273. The Hall–Kier alpha value is -3.28. The van der Waals surface area contributed by atoms with Gasteiger partial charge < -0.3 is 9.64 Å². The SMILES string of the molecule is CCOc1ccc(/C=C/C(=O)NNC(=O)c2ccc(N(CC)CC)cc2)cc1. The van der Waals surface area contributed by atoms with Crippen LogP contribution in [0.1, 0.15) is 36.7 Å². The number of anilines is 1. The second-order valence-electron chi connectivity index (χ2n) is 6.00. The molecule has 2 amide bonds. The van der Waals surface area contributed by atoms with E-state index in [-0.39, 0.29) is 5.91 Å². The topological polar surface area (TPSA) is 70.7 Å². The summed E-state index contributed by atoms with van der Waals surface area (Å²) in [6, 6.07) is 14.7. The van der Waals surface area contributed by atoms with E-state index in [1.54, 1.807) is 18.2 Å². The van der Waals surface area contributed by atoms with Gasteiger partial charge in [-0.2, -0.15) is 0 Å². The van der Waals surface area contributed by atoms with Crippen molar-refractivity contribution in [1.82, 2.24) is 10.9 Å². The number of carbonyl (C=O) groups is 2. The number of nitrogens with one attached hydrogen (secondary N) is 2. The first-order valence-electron chi connectivity index (χ1n) is 9.43. The molecular weight excluding hydrogens is 354 g/mol. The molecule has 2 aromatic rings. The van der Waals surface area contributed by atoms with Crippen LogP contribution in [0.5, 0.6) is 5.75 Å². The molecule has 0 saturated heterocycles. The lowest BCUT2D eigenvalue weighted by Crippen LogP contribution is -2.40. The Bertz CT molecular complexity index is 795. The molecule has 6 nitrogen and oxygen atoms in total. The molecule has 6 heteroatoms. The summed E-state index contributed by atoms with van der Waals surface area (Å²) in [6.07, 6.45) is 3.02. The quantitative estimate of drug-likeness (QED) is 0.543. The van der Waals surface area contributed by atoms with Crippen LogP contribution in [0, 0.1) is 0 Å². The molecule has 0 aliphatic carbocycles. The van der Waals surface area contributed by atoms with E-state index in [1.807, 2.05) is 43.3 Å². The van der Waals surface area contributed by atoms with E-state index in [0.717, 1.165) is 30.1 Å². The molecule has 0 atom stereocenters. The largest absolute Gasteiger partial charge is 0.494 e. The molecule has 0 bridgehead atoms. The molecule has 2 N–H and O–H groups in total. The van der Waals surface area contributed by atoms with E-state index in [2.05, 4.69) is 29.6 Å². The van der Waals surface area contributed by atoms with Crippen LogP contribution in [0.4, 0.5) is 5.69 Å². The van der Waals surface area contributed by atoms with Crippen molar-refractivity contribution in [3.8, 4) is 5.75 Å². The van der Waals surface area contributed by atoms with E-state index < -0.39 is 5.91 Å². The number of hydrogen-bond donors (Lipinski definition) is 2. The van der Waals surface area contributed by atoms with Crippen molar-refractivity contribution in [2.24, 2.45) is 0 Å². The minimum absolute atomic E-state index is 0.367. The summed E-state index contributed by atoms with van der Waals surface area (Å²) in [5, 5.41) is 0. The average Bonchev–Trinajstić information content (AvgIpc) is 2.73. The number of rotatable bonds is 8. The second-order valence-corrected chi connectivity index (χ2v) is 6.00. The number of hydrazine groups is 1. The van der Waals surface area contributed by atoms with E-state index in [9.17, 15) is 9.59 Å². The number of amides is 2. The Balaban J connectivity index is 1.85. The van der Waals surface area contributed by atoms with Crippen LogP contribution in [-0.2, 0) is 4.79 Å². The maximum absolute atomic E-state index is 12.2. The van der Waals surface area contributed by atoms with E-state index in [0.29, 0.717) is 12.2 Å². The van der Waals surface area contributed by atoms with Crippen molar-refractivity contribution in [3.63, 3.8) is 0 Å². The molecule has 0 saturated carbocycles. The van der Waals surface area contributed by atoms with Gasteiger partial charge >= 0.3 is 0 Å². The summed E-state index contributed by atoms with van der Waals surface area (Å²) in [5.74, 6) is -0.000659. The van der Waals surface area contributed by atoms with Gasteiger partial charge in [0.25, 0.3) is 11.8 Å². The Morgan fingerprint density at radius 2 is 1.57 bits per heavy atom. The van der Waals surface area contributed by atoms with Crippen molar-refractivity contribution in [1.29, 1.82) is 0 Å². The molecule has 0 radical (unpaired) electrons. The van der Waals surface area contributed by atoms with Gasteiger partial charge in [0.2, 0.25) is 0 Å². The first-order chi connectivity index (χ1) is 13.6.